The molecule has 0 N–H and O–H groups in total. The molecule has 0 aliphatic heterocycles. The maximum Gasteiger partial charge on any atom is 0.272 e. The minimum absolute atomic E-state index is 0.00555. The molecule has 134 valence electrons. The summed E-state index contributed by atoms with van der Waals surface area (Å²) in [7, 11) is 0. The molecule has 0 aliphatic rings. The van der Waals surface area contributed by atoms with Gasteiger partial charge in [-0.3, -0.25) is 25.0 Å². The van der Waals surface area contributed by atoms with Gasteiger partial charge in [-0.1, -0.05) is 36.4 Å². The minimum Gasteiger partial charge on any atom is -0.289 e. The minimum atomic E-state index is -0.489. The van der Waals surface area contributed by atoms with Crippen molar-refractivity contribution in [1.82, 2.24) is 0 Å². The smallest absolute Gasteiger partial charge is 0.272 e. The predicted molar refractivity (Wildman–Crippen MR) is 99.8 cm³/mol. The number of nitro groups is 2. The molecule has 0 saturated carbocycles. The largest absolute Gasteiger partial charge is 0.289 e. The van der Waals surface area contributed by atoms with Crippen molar-refractivity contribution in [3.05, 3.63) is 104 Å². The van der Waals surface area contributed by atoms with Crippen LogP contribution in [0.5, 0.6) is 0 Å². The molecule has 0 radical (unpaired) electrons. The number of nitro benzene ring substituents is 2. The quantitative estimate of drug-likeness (QED) is 0.371. The zero-order valence-corrected chi connectivity index (χ0v) is 14.3. The SMILES string of the molecule is Cc1cc(C(=O)c2ccc(-c3cccc([N+](=O)[O-])c3)cc2)ccc1[N+](=O)[O-]. The third-order valence-corrected chi connectivity index (χ3v) is 4.19. The number of hydrogen-bond acceptors (Lipinski definition) is 5. The number of hydrogen-bond donors (Lipinski definition) is 0. The summed E-state index contributed by atoms with van der Waals surface area (Å²) in [5.41, 5.74) is 2.59. The number of aryl methyl sites for hydroxylation is 1. The first kappa shape index (κ1) is 17.9. The molecule has 0 unspecified atom stereocenters. The average Bonchev–Trinajstić information content (AvgIpc) is 2.67. The van der Waals surface area contributed by atoms with Crippen LogP contribution in [0.4, 0.5) is 11.4 Å². The summed E-state index contributed by atoms with van der Waals surface area (Å²) in [6.45, 7) is 1.58. The van der Waals surface area contributed by atoms with Crippen LogP contribution in [0, 0.1) is 27.2 Å². The molecule has 0 fully saturated rings. The first-order chi connectivity index (χ1) is 12.9. The lowest BCUT2D eigenvalue weighted by Gasteiger charge is -2.06. The van der Waals surface area contributed by atoms with Crippen LogP contribution >= 0.6 is 0 Å². The lowest BCUT2D eigenvalue weighted by Crippen LogP contribution is -2.02. The fourth-order valence-electron chi connectivity index (χ4n) is 2.78. The van der Waals surface area contributed by atoms with E-state index in [4.69, 9.17) is 0 Å². The molecular weight excluding hydrogens is 348 g/mol. The fraction of sp³-hybridized carbons (Fsp3) is 0.0500. The van der Waals surface area contributed by atoms with Crippen LogP contribution in [-0.2, 0) is 0 Å². The Balaban J connectivity index is 1.88. The predicted octanol–water partition coefficient (Wildman–Crippen LogP) is 4.71. The Kier molecular flexibility index (Phi) is 4.76. The van der Waals surface area contributed by atoms with E-state index < -0.39 is 9.85 Å². The Morgan fingerprint density at radius 3 is 2.04 bits per heavy atom. The van der Waals surface area contributed by atoms with Crippen LogP contribution < -0.4 is 0 Å². The standard InChI is InChI=1S/C20H14N2O5/c1-13-11-17(9-10-19(13)22(26)27)20(23)15-7-5-14(6-8-15)16-3-2-4-18(12-16)21(24)25/h2-12H,1H3. The van der Waals surface area contributed by atoms with Crippen molar-refractivity contribution >= 4 is 17.2 Å². The summed E-state index contributed by atoms with van der Waals surface area (Å²) < 4.78 is 0. The van der Waals surface area contributed by atoms with Gasteiger partial charge in [0.25, 0.3) is 11.4 Å². The lowest BCUT2D eigenvalue weighted by atomic mass is 9.98. The average molecular weight is 362 g/mol. The number of ketones is 1. The van der Waals surface area contributed by atoms with E-state index >= 15 is 0 Å². The maximum atomic E-state index is 12.6. The molecule has 27 heavy (non-hydrogen) atoms. The number of carbonyl (C=O) groups excluding carboxylic acids is 1. The molecular formula is C20H14N2O5. The van der Waals surface area contributed by atoms with Gasteiger partial charge in [-0.05, 0) is 30.2 Å². The zero-order chi connectivity index (χ0) is 19.6. The first-order valence-corrected chi connectivity index (χ1v) is 8.01. The molecule has 0 bridgehead atoms. The highest BCUT2D eigenvalue weighted by molar-refractivity contribution is 6.09. The second kappa shape index (κ2) is 7.17. The van der Waals surface area contributed by atoms with Crippen molar-refractivity contribution in [3.63, 3.8) is 0 Å². The van der Waals surface area contributed by atoms with Gasteiger partial charge in [0.1, 0.15) is 0 Å². The van der Waals surface area contributed by atoms with E-state index in [-0.39, 0.29) is 17.2 Å². The second-order valence-corrected chi connectivity index (χ2v) is 5.97. The molecule has 3 aromatic rings. The van der Waals surface area contributed by atoms with Gasteiger partial charge in [-0.2, -0.15) is 0 Å². The molecule has 3 rings (SSSR count). The van der Waals surface area contributed by atoms with Crippen LogP contribution in [0.1, 0.15) is 21.5 Å². The molecule has 0 heterocycles. The van der Waals surface area contributed by atoms with Gasteiger partial charge in [-0.25, -0.2) is 0 Å². The summed E-state index contributed by atoms with van der Waals surface area (Å²) in [5, 5.41) is 21.8. The Morgan fingerprint density at radius 1 is 0.778 bits per heavy atom. The third kappa shape index (κ3) is 3.72. The molecule has 0 atom stereocenters. The Bertz CT molecular complexity index is 1060. The summed E-state index contributed by atoms with van der Waals surface area (Å²) in [5.74, 6) is -0.251. The van der Waals surface area contributed by atoms with Gasteiger partial charge >= 0.3 is 0 Å². The number of benzene rings is 3. The van der Waals surface area contributed by atoms with Crippen LogP contribution in [0.15, 0.2) is 66.7 Å². The Morgan fingerprint density at radius 2 is 1.44 bits per heavy atom. The van der Waals surface area contributed by atoms with Crippen molar-refractivity contribution < 1.29 is 14.6 Å². The summed E-state index contributed by atoms with van der Waals surface area (Å²) in [6, 6.07) is 17.2. The molecule has 0 aliphatic carbocycles. The van der Waals surface area contributed by atoms with E-state index in [1.807, 2.05) is 0 Å². The molecule has 7 nitrogen and oxygen atoms in total. The van der Waals surface area contributed by atoms with Crippen LogP contribution in [0.2, 0.25) is 0 Å². The topological polar surface area (TPSA) is 103 Å². The monoisotopic (exact) mass is 362 g/mol. The number of rotatable bonds is 5. The van der Waals surface area contributed by atoms with Crippen LogP contribution in [-0.4, -0.2) is 15.6 Å². The molecule has 0 amide bonds. The van der Waals surface area contributed by atoms with Crippen molar-refractivity contribution in [2.45, 2.75) is 6.92 Å². The molecule has 7 heteroatoms. The maximum absolute atomic E-state index is 12.6. The van der Waals surface area contributed by atoms with Crippen LogP contribution in [0.25, 0.3) is 11.1 Å². The van der Waals surface area contributed by atoms with Gasteiger partial charge in [0.2, 0.25) is 0 Å². The van der Waals surface area contributed by atoms with E-state index in [1.165, 1.54) is 30.3 Å². The number of nitrogens with zero attached hydrogens (tertiary/aromatic N) is 2. The van der Waals surface area contributed by atoms with E-state index in [0.29, 0.717) is 22.3 Å². The summed E-state index contributed by atoms with van der Waals surface area (Å²) in [6.07, 6.45) is 0. The van der Waals surface area contributed by atoms with Gasteiger partial charge in [0.05, 0.1) is 9.85 Å². The zero-order valence-electron chi connectivity index (χ0n) is 14.3. The van der Waals surface area contributed by atoms with Gasteiger partial charge < -0.3 is 0 Å². The van der Waals surface area contributed by atoms with Crippen molar-refractivity contribution in [3.8, 4) is 11.1 Å². The summed E-state index contributed by atoms with van der Waals surface area (Å²) in [4.78, 5) is 33.4. The molecule has 0 saturated heterocycles. The first-order valence-electron chi connectivity index (χ1n) is 8.01. The highest BCUT2D eigenvalue weighted by Gasteiger charge is 2.15. The van der Waals surface area contributed by atoms with Crippen molar-refractivity contribution in [1.29, 1.82) is 0 Å². The van der Waals surface area contributed by atoms with Gasteiger partial charge in [0, 0.05) is 34.9 Å². The molecule has 3 aromatic carbocycles. The highest BCUT2D eigenvalue weighted by atomic mass is 16.6. The van der Waals surface area contributed by atoms with Crippen molar-refractivity contribution in [2.24, 2.45) is 0 Å². The normalized spacial score (nSPS) is 10.4. The lowest BCUT2D eigenvalue weighted by molar-refractivity contribution is -0.385. The second-order valence-electron chi connectivity index (χ2n) is 5.97. The fourth-order valence-corrected chi connectivity index (χ4v) is 2.78. The Labute approximate surface area is 154 Å². The number of non-ortho nitro benzene ring substituents is 1. The van der Waals surface area contributed by atoms with E-state index in [1.54, 1.807) is 43.3 Å². The summed E-state index contributed by atoms with van der Waals surface area (Å²) >= 11 is 0. The van der Waals surface area contributed by atoms with Crippen molar-refractivity contribution in [2.75, 3.05) is 0 Å². The Hall–Kier alpha value is -3.87. The third-order valence-electron chi connectivity index (χ3n) is 4.19. The van der Waals surface area contributed by atoms with E-state index in [0.717, 1.165) is 5.56 Å². The van der Waals surface area contributed by atoms with Gasteiger partial charge in [0.15, 0.2) is 5.78 Å². The van der Waals surface area contributed by atoms with Crippen LogP contribution in [0.3, 0.4) is 0 Å². The van der Waals surface area contributed by atoms with Gasteiger partial charge in [-0.15, -0.1) is 0 Å². The van der Waals surface area contributed by atoms with E-state index in [2.05, 4.69) is 0 Å². The van der Waals surface area contributed by atoms with E-state index in [9.17, 15) is 25.0 Å². The number of carbonyl (C=O) groups is 1. The molecule has 0 spiro atoms. The molecule has 0 aromatic heterocycles. The highest BCUT2D eigenvalue weighted by Crippen LogP contribution is 2.25.